The fourth-order valence-electron chi connectivity index (χ4n) is 1.32. The third-order valence-corrected chi connectivity index (χ3v) is 2.63. The maximum Gasteiger partial charge on any atom is 0.231 e. The molecule has 0 aromatic carbocycles. The van der Waals surface area contributed by atoms with Crippen molar-refractivity contribution < 1.29 is 0 Å². The first-order valence-corrected chi connectivity index (χ1v) is 5.67. The highest BCUT2D eigenvalue weighted by Crippen LogP contribution is 2.16. The van der Waals surface area contributed by atoms with Crippen LogP contribution in [0.3, 0.4) is 0 Å². The van der Waals surface area contributed by atoms with Crippen LogP contribution in [0.25, 0.3) is 0 Å². The normalized spacial score (nSPS) is 12.6. The molecule has 4 nitrogen and oxygen atoms in total. The molecule has 0 amide bonds. The van der Waals surface area contributed by atoms with E-state index in [1.807, 2.05) is 11.8 Å². The van der Waals surface area contributed by atoms with E-state index in [0.29, 0.717) is 12.0 Å². The lowest BCUT2D eigenvalue weighted by atomic mass is 10.2. The van der Waals surface area contributed by atoms with Gasteiger partial charge in [0.1, 0.15) is 0 Å². The van der Waals surface area contributed by atoms with Crippen LogP contribution in [0.2, 0.25) is 10.6 Å². The van der Waals surface area contributed by atoms with Gasteiger partial charge in [-0.05, 0) is 43.5 Å². The van der Waals surface area contributed by atoms with Gasteiger partial charge in [0.2, 0.25) is 16.5 Å². The van der Waals surface area contributed by atoms with Gasteiger partial charge >= 0.3 is 0 Å². The van der Waals surface area contributed by atoms with Crippen LogP contribution in [0.1, 0.15) is 27.2 Å². The Hall–Kier alpha value is -0.610. The fraction of sp³-hybridized carbons (Fsp3) is 0.667. The summed E-state index contributed by atoms with van der Waals surface area (Å²) < 4.78 is 0. The molecule has 0 radical (unpaired) electrons. The summed E-state index contributed by atoms with van der Waals surface area (Å²) in [6.45, 7) is 7.07. The SMILES string of the molecule is CCC(C)N(CC)c1nc(Cl)nc(Cl)n1. The van der Waals surface area contributed by atoms with Gasteiger partial charge in [-0.25, -0.2) is 0 Å². The lowest BCUT2D eigenvalue weighted by Gasteiger charge is -2.26. The molecule has 1 aromatic heterocycles. The minimum Gasteiger partial charge on any atom is -0.338 e. The minimum absolute atomic E-state index is 0.131. The molecule has 1 heterocycles. The minimum atomic E-state index is 0.131. The molecule has 0 aliphatic heterocycles. The van der Waals surface area contributed by atoms with Crippen molar-refractivity contribution in [1.82, 2.24) is 15.0 Å². The monoisotopic (exact) mass is 248 g/mol. The summed E-state index contributed by atoms with van der Waals surface area (Å²) in [5, 5.41) is 0.263. The van der Waals surface area contributed by atoms with Gasteiger partial charge in [-0.1, -0.05) is 6.92 Å². The van der Waals surface area contributed by atoms with E-state index in [0.717, 1.165) is 13.0 Å². The molecule has 0 bridgehead atoms. The number of hydrogen-bond donors (Lipinski definition) is 0. The Morgan fingerprint density at radius 3 is 2.07 bits per heavy atom. The van der Waals surface area contributed by atoms with E-state index < -0.39 is 0 Å². The Morgan fingerprint density at radius 1 is 1.13 bits per heavy atom. The topological polar surface area (TPSA) is 41.9 Å². The van der Waals surface area contributed by atoms with Crippen molar-refractivity contribution in [3.8, 4) is 0 Å². The summed E-state index contributed by atoms with van der Waals surface area (Å²) >= 11 is 11.5. The predicted molar refractivity (Wildman–Crippen MR) is 62.6 cm³/mol. The first-order chi connectivity index (χ1) is 7.08. The van der Waals surface area contributed by atoms with Crippen LogP contribution in [-0.2, 0) is 0 Å². The van der Waals surface area contributed by atoms with Crippen molar-refractivity contribution >= 4 is 29.2 Å². The summed E-state index contributed by atoms with van der Waals surface area (Å²) in [4.78, 5) is 13.9. The van der Waals surface area contributed by atoms with E-state index in [1.165, 1.54) is 0 Å². The number of aromatic nitrogens is 3. The summed E-state index contributed by atoms with van der Waals surface area (Å²) in [7, 11) is 0. The van der Waals surface area contributed by atoms with Gasteiger partial charge in [0.15, 0.2) is 0 Å². The molecule has 0 saturated carbocycles. The zero-order valence-corrected chi connectivity index (χ0v) is 10.5. The van der Waals surface area contributed by atoms with Crippen LogP contribution in [0.5, 0.6) is 0 Å². The summed E-state index contributed by atoms with van der Waals surface area (Å²) in [5.41, 5.74) is 0. The second-order valence-corrected chi connectivity index (χ2v) is 3.89. The molecule has 84 valence electrons. The molecule has 1 rings (SSSR count). The van der Waals surface area contributed by atoms with Gasteiger partial charge in [-0.3, -0.25) is 0 Å². The molecule has 0 N–H and O–H groups in total. The second-order valence-electron chi connectivity index (χ2n) is 3.22. The van der Waals surface area contributed by atoms with Gasteiger partial charge in [-0.15, -0.1) is 0 Å². The first kappa shape index (κ1) is 12.5. The van der Waals surface area contributed by atoms with Gasteiger partial charge in [0.25, 0.3) is 0 Å². The Bertz CT molecular complexity index is 312. The zero-order valence-electron chi connectivity index (χ0n) is 9.04. The molecule has 0 aliphatic rings. The zero-order chi connectivity index (χ0) is 11.4. The molecule has 1 unspecified atom stereocenters. The molecular weight excluding hydrogens is 235 g/mol. The average molecular weight is 249 g/mol. The lowest BCUT2D eigenvalue weighted by molar-refractivity contribution is 0.613. The number of anilines is 1. The Labute approximate surface area is 99.6 Å². The highest BCUT2D eigenvalue weighted by atomic mass is 35.5. The van der Waals surface area contributed by atoms with Crippen LogP contribution < -0.4 is 4.90 Å². The van der Waals surface area contributed by atoms with Crippen molar-refractivity contribution in [2.45, 2.75) is 33.2 Å². The van der Waals surface area contributed by atoms with E-state index in [9.17, 15) is 0 Å². The van der Waals surface area contributed by atoms with Crippen LogP contribution in [0, 0.1) is 0 Å². The maximum atomic E-state index is 5.73. The average Bonchev–Trinajstić information content (AvgIpc) is 2.17. The highest BCUT2D eigenvalue weighted by Gasteiger charge is 2.15. The van der Waals surface area contributed by atoms with E-state index >= 15 is 0 Å². The van der Waals surface area contributed by atoms with Crippen molar-refractivity contribution in [3.05, 3.63) is 10.6 Å². The number of nitrogens with zero attached hydrogens (tertiary/aromatic N) is 4. The van der Waals surface area contributed by atoms with E-state index in [1.54, 1.807) is 0 Å². The van der Waals surface area contributed by atoms with Gasteiger partial charge in [0, 0.05) is 12.6 Å². The Morgan fingerprint density at radius 2 is 1.67 bits per heavy atom. The van der Waals surface area contributed by atoms with Gasteiger partial charge in [0.05, 0.1) is 0 Å². The van der Waals surface area contributed by atoms with Gasteiger partial charge in [-0.2, -0.15) is 15.0 Å². The molecule has 0 aliphatic carbocycles. The van der Waals surface area contributed by atoms with Crippen molar-refractivity contribution in [2.75, 3.05) is 11.4 Å². The Balaban J connectivity index is 3.01. The third kappa shape index (κ3) is 3.18. The van der Waals surface area contributed by atoms with Crippen LogP contribution in [-0.4, -0.2) is 27.5 Å². The van der Waals surface area contributed by atoms with Crippen LogP contribution >= 0.6 is 23.2 Å². The quantitative estimate of drug-likeness (QED) is 0.822. The predicted octanol–water partition coefficient (Wildman–Crippen LogP) is 2.80. The van der Waals surface area contributed by atoms with Crippen LogP contribution in [0.4, 0.5) is 5.95 Å². The summed E-state index contributed by atoms with van der Waals surface area (Å²) in [5.74, 6) is 0.539. The fourth-order valence-corrected chi connectivity index (χ4v) is 1.67. The first-order valence-electron chi connectivity index (χ1n) is 4.92. The van der Waals surface area contributed by atoms with Crippen molar-refractivity contribution in [1.29, 1.82) is 0 Å². The number of halogens is 2. The molecule has 6 heteroatoms. The maximum absolute atomic E-state index is 5.73. The summed E-state index contributed by atoms with van der Waals surface area (Å²) in [6.07, 6.45) is 1.01. The summed E-state index contributed by atoms with van der Waals surface area (Å²) in [6, 6.07) is 0.351. The third-order valence-electron chi connectivity index (χ3n) is 2.29. The highest BCUT2D eigenvalue weighted by molar-refractivity contribution is 6.31. The standard InChI is InChI=1S/C9H14Cl2N4/c1-4-6(3)15(5-2)9-13-7(10)12-8(11)14-9/h6H,4-5H2,1-3H3. The van der Waals surface area contributed by atoms with Crippen LogP contribution in [0.15, 0.2) is 0 Å². The van der Waals surface area contributed by atoms with E-state index in [-0.39, 0.29) is 10.6 Å². The molecule has 15 heavy (non-hydrogen) atoms. The molecule has 0 spiro atoms. The Kier molecular flexibility index (Phi) is 4.54. The van der Waals surface area contributed by atoms with Crippen molar-refractivity contribution in [2.24, 2.45) is 0 Å². The van der Waals surface area contributed by atoms with E-state index in [4.69, 9.17) is 23.2 Å². The molecule has 0 fully saturated rings. The number of rotatable bonds is 4. The molecule has 0 saturated heterocycles. The molecule has 1 aromatic rings. The largest absolute Gasteiger partial charge is 0.338 e. The lowest BCUT2D eigenvalue weighted by Crippen LogP contribution is -2.33. The van der Waals surface area contributed by atoms with Gasteiger partial charge < -0.3 is 4.90 Å². The molecule has 1 atom stereocenters. The molecular formula is C9H14Cl2N4. The van der Waals surface area contributed by atoms with Crippen molar-refractivity contribution in [3.63, 3.8) is 0 Å². The van der Waals surface area contributed by atoms with E-state index in [2.05, 4.69) is 28.8 Å². The smallest absolute Gasteiger partial charge is 0.231 e. The second kappa shape index (κ2) is 5.47. The number of hydrogen-bond acceptors (Lipinski definition) is 4.